The lowest BCUT2D eigenvalue weighted by Crippen LogP contribution is -2.15. The van der Waals surface area contributed by atoms with E-state index in [2.05, 4.69) is 10.4 Å². The number of esters is 1. The van der Waals surface area contributed by atoms with Crippen molar-refractivity contribution in [3.05, 3.63) is 23.8 Å². The predicted molar refractivity (Wildman–Crippen MR) is 61.1 cm³/mol. The first-order valence-electron chi connectivity index (χ1n) is 4.93. The Morgan fingerprint density at radius 2 is 2.53 bits per heavy atom. The van der Waals surface area contributed by atoms with Crippen LogP contribution >= 0.6 is 0 Å². The van der Waals surface area contributed by atoms with Crippen LogP contribution in [0.1, 0.15) is 19.5 Å². The number of hydrogen-bond acceptors (Lipinski definition) is 6. The molecule has 7 nitrogen and oxygen atoms in total. The van der Waals surface area contributed by atoms with Gasteiger partial charge in [-0.15, -0.1) is 0 Å². The average molecular weight is 235 g/mol. The normalized spacial score (nSPS) is 10.8. The molecule has 1 aromatic heterocycles. The van der Waals surface area contributed by atoms with Crippen molar-refractivity contribution >= 4 is 11.8 Å². The highest BCUT2D eigenvalue weighted by Gasteiger charge is 2.06. The lowest BCUT2D eigenvalue weighted by molar-refractivity contribution is -0.137. The molecule has 0 unspecified atom stereocenters. The van der Waals surface area contributed by atoms with E-state index in [1.807, 2.05) is 6.07 Å². The molecule has 0 radical (unpaired) electrons. The molecular formula is C10H13N5O2. The number of rotatable bonds is 4. The number of anilines is 1. The van der Waals surface area contributed by atoms with Crippen molar-refractivity contribution in [3.8, 4) is 6.07 Å². The van der Waals surface area contributed by atoms with Crippen LogP contribution in [0.5, 0.6) is 0 Å². The number of nitrogens with two attached hydrogens (primary N) is 1. The molecule has 1 heterocycles. The topological polar surface area (TPSA) is 106 Å². The fourth-order valence-electron chi connectivity index (χ4n) is 1.12. The number of nitrogen functional groups attached to an aromatic ring is 1. The lowest BCUT2D eigenvalue weighted by Gasteiger charge is -2.08. The van der Waals surface area contributed by atoms with Crippen molar-refractivity contribution in [3.63, 3.8) is 0 Å². The molecule has 1 rings (SSSR count). The average Bonchev–Trinajstić information content (AvgIpc) is 2.60. The maximum Gasteiger partial charge on any atom is 0.332 e. The smallest absolute Gasteiger partial charge is 0.332 e. The Bertz CT molecular complexity index is 483. The van der Waals surface area contributed by atoms with E-state index in [-0.39, 0.29) is 11.5 Å². The standard InChI is InChI=1S/C10H13N5O2/c1-3-17-9(16)4-7(2)14-15-6-13-8(5-11)10(15)12/h4,6,14H,3,12H2,1-2H3/b7-4-. The second-order valence-electron chi connectivity index (χ2n) is 3.15. The number of nitriles is 1. The zero-order valence-electron chi connectivity index (χ0n) is 9.60. The number of aromatic nitrogens is 2. The molecule has 0 aliphatic rings. The van der Waals surface area contributed by atoms with Gasteiger partial charge in [0.05, 0.1) is 6.61 Å². The van der Waals surface area contributed by atoms with Crippen LogP contribution in [0.25, 0.3) is 0 Å². The maximum atomic E-state index is 11.1. The monoisotopic (exact) mass is 235 g/mol. The van der Waals surface area contributed by atoms with Crippen molar-refractivity contribution in [2.75, 3.05) is 17.8 Å². The van der Waals surface area contributed by atoms with E-state index in [0.717, 1.165) is 0 Å². The summed E-state index contributed by atoms with van der Waals surface area (Å²) in [5, 5.41) is 8.66. The Labute approximate surface area is 98.5 Å². The molecule has 3 N–H and O–H groups in total. The SMILES string of the molecule is CCOC(=O)/C=C(/C)Nn1cnc(C#N)c1N. The van der Waals surface area contributed by atoms with Gasteiger partial charge in [-0.1, -0.05) is 0 Å². The Balaban J connectivity index is 2.75. The first-order valence-corrected chi connectivity index (χ1v) is 4.93. The van der Waals surface area contributed by atoms with Gasteiger partial charge in [0.25, 0.3) is 0 Å². The van der Waals surface area contributed by atoms with Crippen molar-refractivity contribution in [1.29, 1.82) is 5.26 Å². The highest BCUT2D eigenvalue weighted by molar-refractivity contribution is 5.82. The molecular weight excluding hydrogens is 222 g/mol. The van der Waals surface area contributed by atoms with E-state index in [0.29, 0.717) is 12.3 Å². The van der Waals surface area contributed by atoms with Gasteiger partial charge in [0, 0.05) is 11.8 Å². The van der Waals surface area contributed by atoms with Gasteiger partial charge in [0.15, 0.2) is 11.5 Å². The Morgan fingerprint density at radius 3 is 3.06 bits per heavy atom. The van der Waals surface area contributed by atoms with E-state index in [1.165, 1.54) is 17.1 Å². The molecule has 0 aromatic carbocycles. The summed E-state index contributed by atoms with van der Waals surface area (Å²) in [4.78, 5) is 14.9. The summed E-state index contributed by atoms with van der Waals surface area (Å²) in [7, 11) is 0. The highest BCUT2D eigenvalue weighted by atomic mass is 16.5. The number of carbonyl (C=O) groups excluding carboxylic acids is 1. The van der Waals surface area contributed by atoms with Crippen molar-refractivity contribution < 1.29 is 9.53 Å². The third-order valence-corrected chi connectivity index (χ3v) is 1.83. The molecule has 7 heteroatoms. The molecule has 17 heavy (non-hydrogen) atoms. The summed E-state index contributed by atoms with van der Waals surface area (Å²) in [6.45, 7) is 3.71. The van der Waals surface area contributed by atoms with Gasteiger partial charge in [0.2, 0.25) is 0 Å². The zero-order chi connectivity index (χ0) is 12.8. The Kier molecular flexibility index (Phi) is 4.11. The van der Waals surface area contributed by atoms with Crippen LogP contribution in [0.3, 0.4) is 0 Å². The third-order valence-electron chi connectivity index (χ3n) is 1.83. The molecule has 0 saturated carbocycles. The van der Waals surface area contributed by atoms with E-state index >= 15 is 0 Å². The first-order chi connectivity index (χ1) is 8.08. The summed E-state index contributed by atoms with van der Waals surface area (Å²) < 4.78 is 6.09. The van der Waals surface area contributed by atoms with E-state index in [1.54, 1.807) is 13.8 Å². The fourth-order valence-corrected chi connectivity index (χ4v) is 1.12. The molecule has 0 spiro atoms. The van der Waals surface area contributed by atoms with Crippen LogP contribution in [0.4, 0.5) is 5.82 Å². The number of nitrogens with one attached hydrogen (secondary N) is 1. The van der Waals surface area contributed by atoms with Gasteiger partial charge < -0.3 is 10.5 Å². The highest BCUT2D eigenvalue weighted by Crippen LogP contribution is 2.07. The molecule has 0 atom stereocenters. The number of ether oxygens (including phenoxy) is 1. The second kappa shape index (κ2) is 5.55. The molecule has 0 aliphatic heterocycles. The molecule has 1 aromatic rings. The quantitative estimate of drug-likeness (QED) is 0.576. The Morgan fingerprint density at radius 1 is 1.82 bits per heavy atom. The summed E-state index contributed by atoms with van der Waals surface area (Å²) in [6, 6.07) is 1.84. The van der Waals surface area contributed by atoms with Crippen LogP contribution in [0.15, 0.2) is 18.1 Å². The summed E-state index contributed by atoms with van der Waals surface area (Å²) in [5.41, 5.74) is 9.07. The fraction of sp³-hybridized carbons (Fsp3) is 0.300. The molecule has 0 fully saturated rings. The molecule has 90 valence electrons. The van der Waals surface area contributed by atoms with Gasteiger partial charge in [0.1, 0.15) is 12.4 Å². The number of nitrogens with zero attached hydrogens (tertiary/aromatic N) is 3. The van der Waals surface area contributed by atoms with Crippen LogP contribution < -0.4 is 11.2 Å². The van der Waals surface area contributed by atoms with Crippen molar-refractivity contribution in [2.24, 2.45) is 0 Å². The van der Waals surface area contributed by atoms with Crippen LogP contribution in [-0.4, -0.2) is 22.2 Å². The minimum absolute atomic E-state index is 0.126. The zero-order valence-corrected chi connectivity index (χ0v) is 9.60. The molecule has 0 bridgehead atoms. The summed E-state index contributed by atoms with van der Waals surface area (Å²) in [6.07, 6.45) is 2.64. The maximum absolute atomic E-state index is 11.1. The van der Waals surface area contributed by atoms with E-state index in [9.17, 15) is 4.79 Å². The third kappa shape index (κ3) is 3.24. The minimum atomic E-state index is -0.448. The van der Waals surface area contributed by atoms with Gasteiger partial charge in [-0.25, -0.2) is 14.5 Å². The summed E-state index contributed by atoms with van der Waals surface area (Å²) >= 11 is 0. The number of hydrogen-bond donors (Lipinski definition) is 2. The molecule has 0 aliphatic carbocycles. The molecule has 0 amide bonds. The van der Waals surface area contributed by atoms with Crippen LogP contribution in [0, 0.1) is 11.3 Å². The predicted octanol–water partition coefficient (Wildman–Crippen LogP) is 0.347. The van der Waals surface area contributed by atoms with Gasteiger partial charge >= 0.3 is 5.97 Å². The number of imidazole rings is 1. The first kappa shape index (κ1) is 12.6. The Hall–Kier alpha value is -2.49. The van der Waals surface area contributed by atoms with E-state index < -0.39 is 5.97 Å². The van der Waals surface area contributed by atoms with Crippen molar-refractivity contribution in [2.45, 2.75) is 13.8 Å². The van der Waals surface area contributed by atoms with Crippen LogP contribution in [-0.2, 0) is 9.53 Å². The van der Waals surface area contributed by atoms with Gasteiger partial charge in [-0.2, -0.15) is 5.26 Å². The second-order valence-corrected chi connectivity index (χ2v) is 3.15. The van der Waals surface area contributed by atoms with E-state index in [4.69, 9.17) is 15.7 Å². The number of carbonyl (C=O) groups is 1. The van der Waals surface area contributed by atoms with Gasteiger partial charge in [-0.3, -0.25) is 5.43 Å². The van der Waals surface area contributed by atoms with Crippen molar-refractivity contribution in [1.82, 2.24) is 9.66 Å². The lowest BCUT2D eigenvalue weighted by atomic mass is 10.4. The summed E-state index contributed by atoms with van der Waals surface area (Å²) in [5.74, 6) is -0.263. The minimum Gasteiger partial charge on any atom is -0.463 e. The van der Waals surface area contributed by atoms with Crippen LogP contribution in [0.2, 0.25) is 0 Å². The number of allylic oxidation sites excluding steroid dienone is 1. The van der Waals surface area contributed by atoms with Gasteiger partial charge in [-0.05, 0) is 13.8 Å². The largest absolute Gasteiger partial charge is 0.463 e. The molecule has 0 saturated heterocycles.